The van der Waals surface area contributed by atoms with Crippen molar-refractivity contribution < 1.29 is 28.6 Å². The first-order valence-electron chi connectivity index (χ1n) is 15.0. The molecule has 5 rings (SSSR count). The van der Waals surface area contributed by atoms with Crippen molar-refractivity contribution in [3.63, 3.8) is 0 Å². The van der Waals surface area contributed by atoms with E-state index in [-0.39, 0.29) is 16.9 Å². The number of carbonyl (C=O) groups is 3. The number of hydrogen-bond donors (Lipinski definition) is 3. The Balaban J connectivity index is 1.30. The summed E-state index contributed by atoms with van der Waals surface area (Å²) in [5.74, 6) is 0.143. The molecule has 0 spiro atoms. The summed E-state index contributed by atoms with van der Waals surface area (Å²) < 4.78 is 16.3. The molecule has 0 aliphatic rings. The van der Waals surface area contributed by atoms with Gasteiger partial charge >= 0.3 is 0 Å². The highest BCUT2D eigenvalue weighted by atomic mass is 32.2. The molecular weight excluding hydrogens is 626 g/mol. The number of benzene rings is 5. The second kappa shape index (κ2) is 15.7. The fourth-order valence-corrected chi connectivity index (χ4v) is 5.71. The van der Waals surface area contributed by atoms with E-state index in [9.17, 15) is 14.4 Å². The molecule has 0 bridgehead atoms. The van der Waals surface area contributed by atoms with Crippen LogP contribution in [0.2, 0.25) is 0 Å². The summed E-state index contributed by atoms with van der Waals surface area (Å²) >= 11 is 1.40. The molecule has 1 unspecified atom stereocenters. The van der Waals surface area contributed by atoms with Gasteiger partial charge in [0.1, 0.15) is 11.4 Å². The van der Waals surface area contributed by atoms with Gasteiger partial charge in [-0.25, -0.2) is 0 Å². The summed E-state index contributed by atoms with van der Waals surface area (Å²) in [6.45, 7) is 1.84. The topological polar surface area (TPSA) is 115 Å². The fraction of sp³-hybridized carbons (Fsp3) is 0.132. The van der Waals surface area contributed by atoms with Gasteiger partial charge in [0, 0.05) is 33.5 Å². The van der Waals surface area contributed by atoms with Crippen LogP contribution in [-0.4, -0.2) is 44.3 Å². The van der Waals surface area contributed by atoms with Crippen molar-refractivity contribution in [3.8, 4) is 17.2 Å². The number of carbonyl (C=O) groups excluding carboxylic acids is 3. The average Bonchev–Trinajstić information content (AvgIpc) is 3.12. The summed E-state index contributed by atoms with van der Waals surface area (Å²) in [5.41, 5.74) is 2.08. The van der Waals surface area contributed by atoms with E-state index >= 15 is 0 Å². The summed E-state index contributed by atoms with van der Waals surface area (Å²) in [4.78, 5) is 40.5. The van der Waals surface area contributed by atoms with E-state index in [4.69, 9.17) is 14.2 Å². The SMILES string of the molecule is COc1cc(OC)c(OC)cc1/C=C(\NC(=O)c1ccccc1)C(=O)Nc1ccc(SC(C)C(=O)Nc2ccc3ccccc3c2)cc1. The molecular formula is C38H35N3O6S. The molecule has 0 saturated carbocycles. The van der Waals surface area contributed by atoms with Crippen molar-refractivity contribution in [1.29, 1.82) is 0 Å². The maximum atomic E-state index is 13.6. The highest BCUT2D eigenvalue weighted by molar-refractivity contribution is 8.00. The van der Waals surface area contributed by atoms with Gasteiger partial charge < -0.3 is 30.2 Å². The number of rotatable bonds is 12. The van der Waals surface area contributed by atoms with Crippen LogP contribution >= 0.6 is 11.8 Å². The third kappa shape index (κ3) is 8.34. The Hall–Kier alpha value is -5.74. The van der Waals surface area contributed by atoms with Crippen LogP contribution in [-0.2, 0) is 9.59 Å². The maximum Gasteiger partial charge on any atom is 0.272 e. The van der Waals surface area contributed by atoms with E-state index in [1.165, 1.54) is 39.2 Å². The Bertz CT molecular complexity index is 1960. The predicted molar refractivity (Wildman–Crippen MR) is 191 cm³/mol. The van der Waals surface area contributed by atoms with Gasteiger partial charge in [-0.1, -0.05) is 48.5 Å². The van der Waals surface area contributed by atoms with Crippen molar-refractivity contribution in [3.05, 3.63) is 126 Å². The molecule has 48 heavy (non-hydrogen) atoms. The molecule has 244 valence electrons. The Morgan fingerprint density at radius 3 is 1.98 bits per heavy atom. The number of anilines is 2. The van der Waals surface area contributed by atoms with E-state index < -0.39 is 11.8 Å². The van der Waals surface area contributed by atoms with Gasteiger partial charge in [-0.15, -0.1) is 11.8 Å². The summed E-state index contributed by atoms with van der Waals surface area (Å²) in [6, 6.07) is 32.8. The highest BCUT2D eigenvalue weighted by Crippen LogP contribution is 2.36. The van der Waals surface area contributed by atoms with Crippen LogP contribution in [0.3, 0.4) is 0 Å². The second-order valence-electron chi connectivity index (χ2n) is 10.6. The number of methoxy groups -OCH3 is 3. The molecule has 0 aliphatic carbocycles. The standard InChI is InChI=1S/C38H35N3O6S/c1-24(36(42)40-30-15-14-25-10-8-9-13-27(25)20-30)48-31-18-16-29(17-19-31)39-38(44)32(41-37(43)26-11-6-5-7-12-26)21-28-22-34(46-3)35(47-4)23-33(28)45-2/h5-24H,1-4H3,(H,39,44)(H,40,42)(H,41,43)/b32-21-. The number of amides is 3. The van der Waals surface area contributed by atoms with Crippen LogP contribution in [0.4, 0.5) is 11.4 Å². The minimum atomic E-state index is -0.556. The van der Waals surface area contributed by atoms with Crippen LogP contribution in [0.15, 0.2) is 120 Å². The van der Waals surface area contributed by atoms with Crippen molar-refractivity contribution in [2.24, 2.45) is 0 Å². The highest BCUT2D eigenvalue weighted by Gasteiger charge is 2.19. The van der Waals surface area contributed by atoms with Crippen LogP contribution in [0, 0.1) is 0 Å². The minimum Gasteiger partial charge on any atom is -0.496 e. The predicted octanol–water partition coefficient (Wildman–Crippen LogP) is 7.39. The molecule has 10 heteroatoms. The van der Waals surface area contributed by atoms with Crippen LogP contribution in [0.1, 0.15) is 22.8 Å². The maximum absolute atomic E-state index is 13.6. The second-order valence-corrected chi connectivity index (χ2v) is 12.0. The van der Waals surface area contributed by atoms with Crippen molar-refractivity contribution >= 4 is 57.7 Å². The first kappa shape index (κ1) is 33.6. The molecule has 1 atom stereocenters. The largest absolute Gasteiger partial charge is 0.496 e. The summed E-state index contributed by atoms with van der Waals surface area (Å²) in [5, 5.41) is 10.4. The monoisotopic (exact) mass is 661 g/mol. The first-order chi connectivity index (χ1) is 23.3. The lowest BCUT2D eigenvalue weighted by Crippen LogP contribution is -2.30. The Labute approximate surface area is 283 Å². The molecule has 0 heterocycles. The molecule has 5 aromatic carbocycles. The van der Waals surface area contributed by atoms with Crippen molar-refractivity contribution in [2.45, 2.75) is 17.1 Å². The van der Waals surface area contributed by atoms with Gasteiger partial charge in [0.25, 0.3) is 11.8 Å². The van der Waals surface area contributed by atoms with E-state index in [2.05, 4.69) is 16.0 Å². The molecule has 3 amide bonds. The molecule has 0 aromatic heterocycles. The smallest absolute Gasteiger partial charge is 0.272 e. The minimum absolute atomic E-state index is 0.0215. The Morgan fingerprint density at radius 2 is 1.29 bits per heavy atom. The Kier molecular flexibility index (Phi) is 11.0. The molecule has 0 fully saturated rings. The third-order valence-electron chi connectivity index (χ3n) is 7.38. The molecule has 3 N–H and O–H groups in total. The van der Waals surface area contributed by atoms with Gasteiger partial charge in [-0.05, 0) is 78.4 Å². The number of nitrogens with one attached hydrogen (secondary N) is 3. The van der Waals surface area contributed by atoms with Crippen LogP contribution < -0.4 is 30.2 Å². The molecule has 0 radical (unpaired) electrons. The van der Waals surface area contributed by atoms with Gasteiger partial charge in [-0.2, -0.15) is 0 Å². The number of fused-ring (bicyclic) bond motifs is 1. The number of hydrogen-bond acceptors (Lipinski definition) is 7. The van der Waals surface area contributed by atoms with Gasteiger partial charge in [0.15, 0.2) is 11.5 Å². The quantitative estimate of drug-likeness (QED) is 0.0943. The van der Waals surface area contributed by atoms with E-state index in [1.54, 1.807) is 54.6 Å². The third-order valence-corrected chi connectivity index (χ3v) is 8.49. The van der Waals surface area contributed by atoms with Gasteiger partial charge in [-0.3, -0.25) is 14.4 Å². The van der Waals surface area contributed by atoms with E-state index in [0.29, 0.717) is 34.1 Å². The lowest BCUT2D eigenvalue weighted by molar-refractivity contribution is -0.115. The molecule has 5 aromatic rings. The van der Waals surface area contributed by atoms with Crippen molar-refractivity contribution in [1.82, 2.24) is 5.32 Å². The normalized spacial score (nSPS) is 11.7. The van der Waals surface area contributed by atoms with E-state index in [1.807, 2.05) is 61.5 Å². The number of ether oxygens (including phenoxy) is 3. The lowest BCUT2D eigenvalue weighted by atomic mass is 10.1. The zero-order valence-corrected chi connectivity index (χ0v) is 27.7. The molecule has 0 saturated heterocycles. The summed E-state index contributed by atoms with van der Waals surface area (Å²) in [7, 11) is 4.51. The Morgan fingerprint density at radius 1 is 0.667 bits per heavy atom. The van der Waals surface area contributed by atoms with Gasteiger partial charge in [0.05, 0.1) is 26.6 Å². The first-order valence-corrected chi connectivity index (χ1v) is 15.9. The lowest BCUT2D eigenvalue weighted by Gasteiger charge is -2.15. The average molecular weight is 662 g/mol. The molecule has 9 nitrogen and oxygen atoms in total. The fourth-order valence-electron chi connectivity index (χ4n) is 4.85. The zero-order chi connectivity index (χ0) is 34.0. The zero-order valence-electron chi connectivity index (χ0n) is 26.9. The summed E-state index contributed by atoms with van der Waals surface area (Å²) in [6.07, 6.45) is 1.51. The van der Waals surface area contributed by atoms with Crippen LogP contribution in [0.5, 0.6) is 17.2 Å². The van der Waals surface area contributed by atoms with Crippen molar-refractivity contribution in [2.75, 3.05) is 32.0 Å². The number of thioether (sulfide) groups is 1. The molecule has 0 aliphatic heterocycles. The van der Waals surface area contributed by atoms with E-state index in [0.717, 1.165) is 21.4 Å². The van der Waals surface area contributed by atoms with Crippen LogP contribution in [0.25, 0.3) is 16.8 Å². The van der Waals surface area contributed by atoms with Gasteiger partial charge in [0.2, 0.25) is 5.91 Å².